The van der Waals surface area contributed by atoms with Crippen LogP contribution in [0.3, 0.4) is 0 Å². The van der Waals surface area contributed by atoms with Gasteiger partial charge in [0.2, 0.25) is 0 Å². The molecule has 0 amide bonds. The summed E-state index contributed by atoms with van der Waals surface area (Å²) >= 11 is 3.38. The number of aliphatic hydroxyl groups is 1. The van der Waals surface area contributed by atoms with E-state index in [2.05, 4.69) is 27.2 Å². The maximum absolute atomic E-state index is 11.4. The van der Waals surface area contributed by atoms with Gasteiger partial charge in [-0.2, -0.15) is 0 Å². The Labute approximate surface area is 132 Å². The first-order valence-corrected chi connectivity index (χ1v) is 7.20. The van der Waals surface area contributed by atoms with Gasteiger partial charge in [0.1, 0.15) is 6.10 Å². The highest BCUT2D eigenvalue weighted by Crippen LogP contribution is 2.39. The van der Waals surface area contributed by atoms with Crippen LogP contribution < -0.4 is 9.47 Å². The van der Waals surface area contributed by atoms with E-state index in [4.69, 9.17) is 9.47 Å². The number of esters is 1. The first-order chi connectivity index (χ1) is 9.96. The number of methoxy groups -OCH3 is 2. The second kappa shape index (κ2) is 8.05. The molecule has 0 aliphatic rings. The monoisotopic (exact) mass is 358 g/mol. The fourth-order valence-electron chi connectivity index (χ4n) is 1.69. The maximum atomic E-state index is 11.4. The number of benzene rings is 1. The number of hydrogen-bond acceptors (Lipinski definition) is 5. The predicted molar refractivity (Wildman–Crippen MR) is 82.6 cm³/mol. The third-order valence-corrected chi connectivity index (χ3v) is 3.38. The van der Waals surface area contributed by atoms with Gasteiger partial charge < -0.3 is 19.3 Å². The number of aliphatic hydroxyl groups excluding tert-OH is 1. The molecule has 1 unspecified atom stereocenters. The highest BCUT2D eigenvalue weighted by molar-refractivity contribution is 9.10. The fraction of sp³-hybridized carbons (Fsp3) is 0.400. The Morgan fingerprint density at radius 2 is 2.10 bits per heavy atom. The summed E-state index contributed by atoms with van der Waals surface area (Å²) in [6.45, 7) is 6.09. The highest BCUT2D eigenvalue weighted by atomic mass is 79.9. The van der Waals surface area contributed by atoms with Gasteiger partial charge in [0.05, 0.1) is 30.9 Å². The second-order valence-electron chi connectivity index (χ2n) is 4.30. The zero-order valence-corrected chi connectivity index (χ0v) is 13.9. The van der Waals surface area contributed by atoms with E-state index in [1.807, 2.05) is 6.92 Å². The van der Waals surface area contributed by atoms with Crippen LogP contribution in [0.25, 0.3) is 0 Å². The SMILES string of the molecule is C=C(C(=O)OC)C(O)c1cc(Br)c(OCCC)c(OC)c1. The standard InChI is InChI=1S/C15H19BrO5/c1-5-6-21-14-11(16)7-10(8-12(14)19-3)13(17)9(2)15(18)20-4/h7-8,13,17H,2,5-6H2,1,3-4H3. The quantitative estimate of drug-likeness (QED) is 0.599. The van der Waals surface area contributed by atoms with Gasteiger partial charge >= 0.3 is 5.97 Å². The average molecular weight is 359 g/mol. The van der Waals surface area contributed by atoms with Crippen LogP contribution in [0.4, 0.5) is 0 Å². The van der Waals surface area contributed by atoms with E-state index in [1.165, 1.54) is 14.2 Å². The molecule has 21 heavy (non-hydrogen) atoms. The van der Waals surface area contributed by atoms with Gasteiger partial charge in [0.15, 0.2) is 11.5 Å². The topological polar surface area (TPSA) is 65.0 Å². The molecule has 1 atom stereocenters. The van der Waals surface area contributed by atoms with Crippen molar-refractivity contribution in [2.45, 2.75) is 19.4 Å². The number of halogens is 1. The van der Waals surface area contributed by atoms with Crippen LogP contribution in [0, 0.1) is 0 Å². The molecule has 0 heterocycles. The van der Waals surface area contributed by atoms with Gasteiger partial charge in [-0.25, -0.2) is 4.79 Å². The molecule has 0 bridgehead atoms. The van der Waals surface area contributed by atoms with Crippen molar-refractivity contribution in [3.05, 3.63) is 34.3 Å². The Hall–Kier alpha value is -1.53. The average Bonchev–Trinajstić information content (AvgIpc) is 2.50. The molecule has 6 heteroatoms. The smallest absolute Gasteiger partial charge is 0.336 e. The minimum absolute atomic E-state index is 0.0475. The van der Waals surface area contributed by atoms with Gasteiger partial charge in [-0.1, -0.05) is 13.5 Å². The van der Waals surface area contributed by atoms with E-state index in [-0.39, 0.29) is 5.57 Å². The molecule has 1 aromatic rings. The summed E-state index contributed by atoms with van der Waals surface area (Å²) in [6, 6.07) is 3.26. The van der Waals surface area contributed by atoms with Gasteiger partial charge in [-0.05, 0) is 40.0 Å². The van der Waals surface area contributed by atoms with Crippen LogP contribution in [0.15, 0.2) is 28.8 Å². The predicted octanol–water partition coefficient (Wildman–Crippen LogP) is 3.01. The Morgan fingerprint density at radius 1 is 1.43 bits per heavy atom. The summed E-state index contributed by atoms with van der Waals surface area (Å²) in [5.74, 6) is 0.354. The summed E-state index contributed by atoms with van der Waals surface area (Å²) in [5.41, 5.74) is 0.409. The van der Waals surface area contributed by atoms with Crippen LogP contribution in [0.2, 0.25) is 0 Å². The lowest BCUT2D eigenvalue weighted by molar-refractivity contribution is -0.137. The van der Waals surface area contributed by atoms with Crippen LogP contribution in [0.1, 0.15) is 25.0 Å². The van der Waals surface area contributed by atoms with Crippen molar-refractivity contribution in [2.24, 2.45) is 0 Å². The lowest BCUT2D eigenvalue weighted by Crippen LogP contribution is -2.12. The third-order valence-electron chi connectivity index (χ3n) is 2.80. The largest absolute Gasteiger partial charge is 0.493 e. The second-order valence-corrected chi connectivity index (χ2v) is 5.16. The first kappa shape index (κ1) is 17.5. The lowest BCUT2D eigenvalue weighted by Gasteiger charge is -2.17. The van der Waals surface area contributed by atoms with Gasteiger partial charge in [0, 0.05) is 0 Å². The van der Waals surface area contributed by atoms with E-state index in [0.29, 0.717) is 28.1 Å². The van der Waals surface area contributed by atoms with E-state index < -0.39 is 12.1 Å². The molecule has 1 N–H and O–H groups in total. The normalized spacial score (nSPS) is 11.7. The van der Waals surface area contributed by atoms with Crippen molar-refractivity contribution in [3.63, 3.8) is 0 Å². The van der Waals surface area contributed by atoms with Crippen molar-refractivity contribution in [2.75, 3.05) is 20.8 Å². The molecular formula is C15H19BrO5. The van der Waals surface area contributed by atoms with Crippen molar-refractivity contribution in [1.29, 1.82) is 0 Å². The Balaban J connectivity index is 3.13. The summed E-state index contributed by atoms with van der Waals surface area (Å²) in [7, 11) is 2.74. The number of hydrogen-bond donors (Lipinski definition) is 1. The maximum Gasteiger partial charge on any atom is 0.336 e. The van der Waals surface area contributed by atoms with Gasteiger partial charge in [-0.15, -0.1) is 0 Å². The van der Waals surface area contributed by atoms with Crippen LogP contribution in [0.5, 0.6) is 11.5 Å². The Bertz CT molecular complexity index is 527. The minimum Gasteiger partial charge on any atom is -0.493 e. The molecule has 0 radical (unpaired) electrons. The summed E-state index contributed by atoms with van der Waals surface area (Å²) in [5, 5.41) is 10.2. The number of rotatable bonds is 7. The van der Waals surface area contributed by atoms with Crippen molar-refractivity contribution in [1.82, 2.24) is 0 Å². The number of ether oxygens (including phenoxy) is 3. The van der Waals surface area contributed by atoms with Crippen LogP contribution >= 0.6 is 15.9 Å². The van der Waals surface area contributed by atoms with Crippen LogP contribution in [-0.4, -0.2) is 31.9 Å². The molecule has 0 fully saturated rings. The molecule has 0 aromatic heterocycles. The molecule has 0 spiro atoms. The van der Waals surface area contributed by atoms with Gasteiger partial charge in [-0.3, -0.25) is 0 Å². The molecule has 0 aliphatic carbocycles. The van der Waals surface area contributed by atoms with E-state index in [9.17, 15) is 9.90 Å². The van der Waals surface area contributed by atoms with Crippen molar-refractivity contribution < 1.29 is 24.1 Å². The molecule has 1 aromatic carbocycles. The lowest BCUT2D eigenvalue weighted by atomic mass is 10.0. The Morgan fingerprint density at radius 3 is 2.62 bits per heavy atom. The molecule has 1 rings (SSSR count). The van der Waals surface area contributed by atoms with Crippen LogP contribution in [-0.2, 0) is 9.53 Å². The van der Waals surface area contributed by atoms with E-state index in [1.54, 1.807) is 12.1 Å². The van der Waals surface area contributed by atoms with Gasteiger partial charge in [0.25, 0.3) is 0 Å². The molecular weight excluding hydrogens is 340 g/mol. The number of carbonyl (C=O) groups excluding carboxylic acids is 1. The summed E-state index contributed by atoms with van der Waals surface area (Å²) in [6.07, 6.45) is -0.318. The highest BCUT2D eigenvalue weighted by Gasteiger charge is 2.22. The first-order valence-electron chi connectivity index (χ1n) is 6.41. The molecule has 5 nitrogen and oxygen atoms in total. The zero-order chi connectivity index (χ0) is 16.0. The molecule has 0 aliphatic heterocycles. The van der Waals surface area contributed by atoms with E-state index in [0.717, 1.165) is 6.42 Å². The molecule has 116 valence electrons. The zero-order valence-electron chi connectivity index (χ0n) is 12.3. The summed E-state index contributed by atoms with van der Waals surface area (Å²) in [4.78, 5) is 11.4. The summed E-state index contributed by atoms with van der Waals surface area (Å²) < 4.78 is 16.1. The Kier molecular flexibility index (Phi) is 6.71. The van der Waals surface area contributed by atoms with Crippen molar-refractivity contribution >= 4 is 21.9 Å². The minimum atomic E-state index is -1.18. The fourth-order valence-corrected chi connectivity index (χ4v) is 2.26. The van der Waals surface area contributed by atoms with E-state index >= 15 is 0 Å². The van der Waals surface area contributed by atoms with Crippen molar-refractivity contribution in [3.8, 4) is 11.5 Å². The molecule has 0 saturated heterocycles. The number of carbonyl (C=O) groups is 1. The molecule has 0 saturated carbocycles. The third kappa shape index (κ3) is 4.22.